The molecule has 0 bridgehead atoms. The van der Waals surface area contributed by atoms with Crippen molar-refractivity contribution in [1.29, 1.82) is 0 Å². The van der Waals surface area contributed by atoms with E-state index in [2.05, 4.69) is 58.5 Å². The summed E-state index contributed by atoms with van der Waals surface area (Å²) in [4.78, 5) is 0.612. The van der Waals surface area contributed by atoms with Gasteiger partial charge in [-0.1, -0.05) is 66.0 Å². The lowest BCUT2D eigenvalue weighted by Gasteiger charge is -2.10. The van der Waals surface area contributed by atoms with Crippen LogP contribution < -0.4 is 5.32 Å². The zero-order valence-electron chi connectivity index (χ0n) is 9.38. The van der Waals surface area contributed by atoms with Crippen LogP contribution in [-0.4, -0.2) is 11.4 Å². The van der Waals surface area contributed by atoms with E-state index in [1.165, 1.54) is 24.8 Å². The van der Waals surface area contributed by atoms with E-state index in [0.717, 1.165) is 13.1 Å². The molecule has 1 N–H and O–H groups in total. The minimum absolute atomic E-state index is 0.612. The Morgan fingerprint density at radius 3 is 2.67 bits per heavy atom. The molecule has 0 aromatic heterocycles. The first kappa shape index (κ1) is 12.7. The summed E-state index contributed by atoms with van der Waals surface area (Å²) in [6, 6.07) is 10.5. The Morgan fingerprint density at radius 1 is 1.27 bits per heavy atom. The molecular weight excluding hydrogens is 250 g/mol. The highest BCUT2D eigenvalue weighted by atomic mass is 79.9. The summed E-state index contributed by atoms with van der Waals surface area (Å²) in [5.74, 6) is 0. The average Bonchev–Trinajstić information content (AvgIpc) is 2.28. The maximum absolute atomic E-state index is 3.69. The summed E-state index contributed by atoms with van der Waals surface area (Å²) < 4.78 is 0. The first-order chi connectivity index (χ1) is 7.33. The molecule has 1 nitrogen and oxygen atoms in total. The van der Waals surface area contributed by atoms with E-state index >= 15 is 0 Å². The number of nitrogens with one attached hydrogen (secondary N) is 1. The predicted octanol–water partition coefficient (Wildman–Crippen LogP) is 3.73. The highest BCUT2D eigenvalue weighted by Gasteiger charge is 2.02. The third kappa shape index (κ3) is 5.95. The Labute approximate surface area is 101 Å². The molecule has 1 aromatic carbocycles. The van der Waals surface area contributed by atoms with E-state index in [9.17, 15) is 0 Å². The van der Waals surface area contributed by atoms with E-state index in [1.807, 2.05) is 0 Å². The molecule has 0 aliphatic heterocycles. The van der Waals surface area contributed by atoms with Gasteiger partial charge in [0.05, 0.1) is 0 Å². The molecule has 0 saturated carbocycles. The van der Waals surface area contributed by atoms with Crippen LogP contribution in [0.2, 0.25) is 0 Å². The van der Waals surface area contributed by atoms with Crippen molar-refractivity contribution in [3.05, 3.63) is 35.9 Å². The van der Waals surface area contributed by atoms with Crippen molar-refractivity contribution in [2.24, 2.45) is 0 Å². The number of unbranched alkanes of at least 4 members (excludes halogenated alkanes) is 1. The summed E-state index contributed by atoms with van der Waals surface area (Å²) in [5.41, 5.74) is 1.35. The lowest BCUT2D eigenvalue weighted by molar-refractivity contribution is 0.616. The van der Waals surface area contributed by atoms with Gasteiger partial charge in [-0.15, -0.1) is 0 Å². The fourth-order valence-electron chi connectivity index (χ4n) is 1.50. The van der Waals surface area contributed by atoms with Crippen molar-refractivity contribution in [2.45, 2.75) is 37.6 Å². The summed E-state index contributed by atoms with van der Waals surface area (Å²) in [6.07, 6.45) is 3.85. The Hall–Kier alpha value is -0.340. The smallest absolute Gasteiger partial charge is 0.0270 e. The molecule has 1 aromatic rings. The Balaban J connectivity index is 2.11. The van der Waals surface area contributed by atoms with E-state index in [-0.39, 0.29) is 0 Å². The normalized spacial score (nSPS) is 12.7. The second kappa shape index (κ2) is 7.89. The van der Waals surface area contributed by atoms with Crippen molar-refractivity contribution < 1.29 is 0 Å². The predicted molar refractivity (Wildman–Crippen MR) is 70.4 cm³/mol. The third-order valence-corrected chi connectivity index (χ3v) is 3.19. The van der Waals surface area contributed by atoms with Crippen LogP contribution in [0.5, 0.6) is 0 Å². The number of hydrogen-bond acceptors (Lipinski definition) is 1. The van der Waals surface area contributed by atoms with Crippen molar-refractivity contribution in [3.63, 3.8) is 0 Å². The van der Waals surface area contributed by atoms with Gasteiger partial charge in [0.25, 0.3) is 0 Å². The number of halogens is 1. The fourth-order valence-corrected chi connectivity index (χ4v) is 2.05. The zero-order chi connectivity index (χ0) is 10.9. The van der Waals surface area contributed by atoms with Gasteiger partial charge in [0.15, 0.2) is 0 Å². The van der Waals surface area contributed by atoms with Crippen molar-refractivity contribution in [3.8, 4) is 0 Å². The number of benzene rings is 1. The van der Waals surface area contributed by atoms with Crippen LogP contribution in [0.1, 0.15) is 31.7 Å². The number of hydrogen-bond donors (Lipinski definition) is 1. The first-order valence-corrected chi connectivity index (χ1v) is 6.63. The van der Waals surface area contributed by atoms with Crippen molar-refractivity contribution in [2.75, 3.05) is 6.54 Å². The second-order valence-corrected chi connectivity index (χ2v) is 5.15. The van der Waals surface area contributed by atoms with Crippen molar-refractivity contribution >= 4 is 15.9 Å². The van der Waals surface area contributed by atoms with Gasteiger partial charge in [-0.3, -0.25) is 0 Å². The summed E-state index contributed by atoms with van der Waals surface area (Å²) in [6.45, 7) is 4.25. The quantitative estimate of drug-likeness (QED) is 0.744. The lowest BCUT2D eigenvalue weighted by atomic mass is 10.2. The lowest BCUT2D eigenvalue weighted by Crippen LogP contribution is -2.22. The van der Waals surface area contributed by atoms with Crippen LogP contribution in [0.25, 0.3) is 0 Å². The molecule has 0 aliphatic rings. The van der Waals surface area contributed by atoms with Gasteiger partial charge in [-0.25, -0.2) is 0 Å². The van der Waals surface area contributed by atoms with Gasteiger partial charge >= 0.3 is 0 Å². The van der Waals surface area contributed by atoms with E-state index in [4.69, 9.17) is 0 Å². The molecule has 2 heteroatoms. The maximum Gasteiger partial charge on any atom is 0.0270 e. The van der Waals surface area contributed by atoms with Crippen LogP contribution in [-0.2, 0) is 6.54 Å². The number of alkyl halides is 1. The van der Waals surface area contributed by atoms with Gasteiger partial charge in [0.2, 0.25) is 0 Å². The van der Waals surface area contributed by atoms with Crippen LogP contribution in [0.3, 0.4) is 0 Å². The molecule has 84 valence electrons. The monoisotopic (exact) mass is 269 g/mol. The SMILES string of the molecule is CCCCC(Br)CNCc1ccccc1. The van der Waals surface area contributed by atoms with Crippen LogP contribution in [0.15, 0.2) is 30.3 Å². The Kier molecular flexibility index (Phi) is 6.69. The highest BCUT2D eigenvalue weighted by Crippen LogP contribution is 2.08. The van der Waals surface area contributed by atoms with Crippen molar-refractivity contribution in [1.82, 2.24) is 5.32 Å². The van der Waals surface area contributed by atoms with Gasteiger partial charge in [0, 0.05) is 17.9 Å². The molecule has 1 rings (SSSR count). The largest absolute Gasteiger partial charge is 0.312 e. The number of rotatable bonds is 7. The summed E-state index contributed by atoms with van der Waals surface area (Å²) in [5, 5.41) is 3.46. The van der Waals surface area contributed by atoms with Crippen LogP contribution in [0, 0.1) is 0 Å². The third-order valence-electron chi connectivity index (χ3n) is 2.41. The Morgan fingerprint density at radius 2 is 2.00 bits per heavy atom. The Bertz CT molecular complexity index is 248. The van der Waals surface area contributed by atoms with Crippen LogP contribution in [0.4, 0.5) is 0 Å². The van der Waals surface area contributed by atoms with E-state index in [1.54, 1.807) is 0 Å². The minimum atomic E-state index is 0.612. The topological polar surface area (TPSA) is 12.0 Å². The molecule has 15 heavy (non-hydrogen) atoms. The average molecular weight is 270 g/mol. The summed E-state index contributed by atoms with van der Waals surface area (Å²) >= 11 is 3.69. The van der Waals surface area contributed by atoms with Gasteiger partial charge in [-0.05, 0) is 12.0 Å². The molecule has 1 unspecified atom stereocenters. The zero-order valence-corrected chi connectivity index (χ0v) is 11.0. The first-order valence-electron chi connectivity index (χ1n) is 5.71. The van der Waals surface area contributed by atoms with E-state index < -0.39 is 0 Å². The van der Waals surface area contributed by atoms with Gasteiger partial charge in [0.1, 0.15) is 0 Å². The fraction of sp³-hybridized carbons (Fsp3) is 0.538. The molecular formula is C13H20BrN. The molecule has 0 radical (unpaired) electrons. The molecule has 0 heterocycles. The van der Waals surface area contributed by atoms with Crippen LogP contribution >= 0.6 is 15.9 Å². The van der Waals surface area contributed by atoms with E-state index in [0.29, 0.717) is 4.83 Å². The molecule has 0 saturated heterocycles. The van der Waals surface area contributed by atoms with Gasteiger partial charge in [-0.2, -0.15) is 0 Å². The molecule has 1 atom stereocenters. The molecule has 0 amide bonds. The summed E-state index contributed by atoms with van der Waals surface area (Å²) in [7, 11) is 0. The standard InChI is InChI=1S/C13H20BrN/c1-2-3-9-13(14)11-15-10-12-7-5-4-6-8-12/h4-8,13,15H,2-3,9-11H2,1H3. The maximum atomic E-state index is 3.69. The second-order valence-electron chi connectivity index (χ2n) is 3.86. The highest BCUT2D eigenvalue weighted by molar-refractivity contribution is 9.09. The molecule has 0 aliphatic carbocycles. The minimum Gasteiger partial charge on any atom is -0.312 e. The van der Waals surface area contributed by atoms with Gasteiger partial charge < -0.3 is 5.32 Å². The molecule has 0 fully saturated rings. The molecule has 0 spiro atoms.